The quantitative estimate of drug-likeness (QED) is 0.789. The average molecular weight is 224 g/mol. The minimum atomic E-state index is -0.0120. The zero-order valence-corrected chi connectivity index (χ0v) is 11.4. The highest BCUT2D eigenvalue weighted by Gasteiger charge is 2.20. The van der Waals surface area contributed by atoms with Gasteiger partial charge in [0.05, 0.1) is 6.54 Å². The molecule has 0 aliphatic carbocycles. The van der Waals surface area contributed by atoms with E-state index < -0.39 is 0 Å². The molecule has 0 aliphatic heterocycles. The third-order valence-corrected chi connectivity index (χ3v) is 3.05. The van der Waals surface area contributed by atoms with Crippen LogP contribution in [0.4, 0.5) is 0 Å². The molecule has 0 radical (unpaired) electrons. The second-order valence-electron chi connectivity index (χ2n) is 5.97. The molecule has 0 spiro atoms. The van der Waals surface area contributed by atoms with Crippen molar-refractivity contribution in [1.82, 2.24) is 20.2 Å². The van der Waals surface area contributed by atoms with Gasteiger partial charge < -0.3 is 0 Å². The first-order valence-electron chi connectivity index (χ1n) is 6.09. The van der Waals surface area contributed by atoms with Crippen LogP contribution in [0, 0.1) is 11.8 Å². The van der Waals surface area contributed by atoms with Crippen LogP contribution < -0.4 is 0 Å². The first kappa shape index (κ1) is 13.1. The highest BCUT2D eigenvalue weighted by Crippen LogP contribution is 2.17. The van der Waals surface area contributed by atoms with Crippen LogP contribution in [0.15, 0.2) is 0 Å². The summed E-state index contributed by atoms with van der Waals surface area (Å²) in [5.41, 5.74) is -0.0120. The number of aryl methyl sites for hydroxylation is 1. The van der Waals surface area contributed by atoms with Gasteiger partial charge in [-0.25, -0.2) is 0 Å². The lowest BCUT2D eigenvalue weighted by molar-refractivity contribution is 0.345. The van der Waals surface area contributed by atoms with Gasteiger partial charge in [-0.1, -0.05) is 41.5 Å². The number of rotatable bonds is 4. The van der Waals surface area contributed by atoms with Crippen molar-refractivity contribution in [3.8, 4) is 0 Å². The monoisotopic (exact) mass is 224 g/mol. The Bertz CT molecular complexity index is 322. The van der Waals surface area contributed by atoms with Crippen molar-refractivity contribution >= 4 is 0 Å². The minimum Gasteiger partial charge on any atom is -0.164 e. The van der Waals surface area contributed by atoms with E-state index in [-0.39, 0.29) is 5.41 Å². The summed E-state index contributed by atoms with van der Waals surface area (Å²) < 4.78 is 0. The van der Waals surface area contributed by atoms with Crippen LogP contribution in [0.5, 0.6) is 0 Å². The lowest BCUT2D eigenvalue weighted by atomic mass is 9.95. The molecule has 0 saturated heterocycles. The molecule has 1 unspecified atom stereocenters. The van der Waals surface area contributed by atoms with Crippen molar-refractivity contribution in [3.63, 3.8) is 0 Å². The summed E-state index contributed by atoms with van der Waals surface area (Å²) in [6.07, 6.45) is 1.11. The van der Waals surface area contributed by atoms with E-state index in [9.17, 15) is 0 Å². The summed E-state index contributed by atoms with van der Waals surface area (Å²) in [6, 6.07) is 0. The Morgan fingerprint density at radius 2 is 1.81 bits per heavy atom. The predicted octanol–water partition coefficient (Wildman–Crippen LogP) is 2.65. The fraction of sp³-hybridized carbons (Fsp3) is 0.917. The molecule has 1 aromatic rings. The molecule has 16 heavy (non-hydrogen) atoms. The van der Waals surface area contributed by atoms with Gasteiger partial charge in [-0.15, -0.1) is 10.2 Å². The molecule has 92 valence electrons. The van der Waals surface area contributed by atoms with Crippen LogP contribution in [0.3, 0.4) is 0 Å². The molecule has 1 aromatic heterocycles. The highest BCUT2D eigenvalue weighted by atomic mass is 15.6. The summed E-state index contributed by atoms with van der Waals surface area (Å²) in [7, 11) is 0. The van der Waals surface area contributed by atoms with Crippen LogP contribution in [0.2, 0.25) is 0 Å². The van der Waals surface area contributed by atoms with Gasteiger partial charge in [-0.05, 0) is 23.5 Å². The van der Waals surface area contributed by atoms with Gasteiger partial charge in [0.2, 0.25) is 0 Å². The number of tetrazole rings is 1. The molecule has 1 heterocycles. The summed E-state index contributed by atoms with van der Waals surface area (Å²) in [6.45, 7) is 13.9. The topological polar surface area (TPSA) is 43.6 Å². The summed E-state index contributed by atoms with van der Waals surface area (Å²) >= 11 is 0. The average Bonchev–Trinajstić information content (AvgIpc) is 2.61. The van der Waals surface area contributed by atoms with E-state index in [1.165, 1.54) is 0 Å². The first-order valence-corrected chi connectivity index (χ1v) is 6.09. The van der Waals surface area contributed by atoms with Crippen LogP contribution in [0.25, 0.3) is 0 Å². The fourth-order valence-corrected chi connectivity index (χ4v) is 1.29. The van der Waals surface area contributed by atoms with Gasteiger partial charge in [0, 0.05) is 5.41 Å². The molecule has 0 bridgehead atoms. The third kappa shape index (κ3) is 3.58. The minimum absolute atomic E-state index is 0.0120. The molecule has 1 rings (SSSR count). The molecule has 1 atom stereocenters. The number of aromatic nitrogens is 4. The first-order chi connectivity index (χ1) is 7.30. The largest absolute Gasteiger partial charge is 0.180 e. The van der Waals surface area contributed by atoms with Gasteiger partial charge in [-0.2, -0.15) is 4.80 Å². The second-order valence-corrected chi connectivity index (χ2v) is 5.97. The number of hydrogen-bond acceptors (Lipinski definition) is 3. The van der Waals surface area contributed by atoms with Crippen molar-refractivity contribution in [1.29, 1.82) is 0 Å². The second kappa shape index (κ2) is 4.93. The Labute approximate surface area is 98.4 Å². The smallest absolute Gasteiger partial charge is 0.164 e. The zero-order valence-electron chi connectivity index (χ0n) is 11.4. The SMILES string of the molecule is CC(C)C(C)CCn1nnc(C(C)(C)C)n1. The van der Waals surface area contributed by atoms with Crippen LogP contribution >= 0.6 is 0 Å². The maximum Gasteiger partial charge on any atom is 0.180 e. The Morgan fingerprint density at radius 1 is 1.19 bits per heavy atom. The molecular formula is C12H24N4. The standard InChI is InChI=1S/C12H24N4/c1-9(2)10(3)7-8-16-14-11(13-15-16)12(4,5)6/h9-10H,7-8H2,1-6H3. The van der Waals surface area contributed by atoms with Crippen molar-refractivity contribution < 1.29 is 0 Å². The maximum absolute atomic E-state index is 4.41. The van der Waals surface area contributed by atoms with Crippen molar-refractivity contribution in [2.45, 2.75) is 59.9 Å². The Kier molecular flexibility index (Phi) is 4.05. The van der Waals surface area contributed by atoms with Crippen molar-refractivity contribution in [2.24, 2.45) is 11.8 Å². The van der Waals surface area contributed by atoms with Crippen LogP contribution in [-0.2, 0) is 12.0 Å². The normalized spacial score (nSPS) is 14.4. The summed E-state index contributed by atoms with van der Waals surface area (Å²) in [4.78, 5) is 1.72. The highest BCUT2D eigenvalue weighted by molar-refractivity contribution is 4.95. The molecule has 4 heteroatoms. The molecule has 0 N–H and O–H groups in total. The molecule has 0 saturated carbocycles. The zero-order chi connectivity index (χ0) is 12.3. The predicted molar refractivity (Wildman–Crippen MR) is 65.1 cm³/mol. The van der Waals surface area contributed by atoms with Gasteiger partial charge in [0.25, 0.3) is 0 Å². The molecule has 0 fully saturated rings. The lowest BCUT2D eigenvalue weighted by Gasteiger charge is -2.14. The molecule has 0 aromatic carbocycles. The molecule has 0 aliphatic rings. The van der Waals surface area contributed by atoms with E-state index in [1.54, 1.807) is 4.80 Å². The van der Waals surface area contributed by atoms with Crippen LogP contribution in [0.1, 0.15) is 53.8 Å². The van der Waals surface area contributed by atoms with Crippen LogP contribution in [-0.4, -0.2) is 20.2 Å². The Morgan fingerprint density at radius 3 is 2.25 bits per heavy atom. The molecule has 4 nitrogen and oxygen atoms in total. The lowest BCUT2D eigenvalue weighted by Crippen LogP contribution is -2.15. The van der Waals surface area contributed by atoms with Gasteiger partial charge >= 0.3 is 0 Å². The Balaban J connectivity index is 2.53. The molecular weight excluding hydrogens is 200 g/mol. The summed E-state index contributed by atoms with van der Waals surface area (Å²) in [5, 5.41) is 12.6. The number of hydrogen-bond donors (Lipinski definition) is 0. The van der Waals surface area contributed by atoms with E-state index in [4.69, 9.17) is 0 Å². The van der Waals surface area contributed by atoms with Gasteiger partial charge in [0.1, 0.15) is 0 Å². The van der Waals surface area contributed by atoms with Gasteiger partial charge in [0.15, 0.2) is 5.82 Å². The maximum atomic E-state index is 4.41. The van der Waals surface area contributed by atoms with E-state index in [0.717, 1.165) is 18.8 Å². The Hall–Kier alpha value is -0.930. The third-order valence-electron chi connectivity index (χ3n) is 3.05. The van der Waals surface area contributed by atoms with E-state index in [0.29, 0.717) is 11.8 Å². The van der Waals surface area contributed by atoms with Crippen molar-refractivity contribution in [2.75, 3.05) is 0 Å². The number of nitrogens with zero attached hydrogens (tertiary/aromatic N) is 4. The fourth-order valence-electron chi connectivity index (χ4n) is 1.29. The summed E-state index contributed by atoms with van der Waals surface area (Å²) in [5.74, 6) is 2.24. The molecule has 0 amide bonds. The van der Waals surface area contributed by atoms with Gasteiger partial charge in [-0.3, -0.25) is 0 Å². The van der Waals surface area contributed by atoms with Crippen molar-refractivity contribution in [3.05, 3.63) is 5.82 Å². The van der Waals surface area contributed by atoms with E-state index in [1.807, 2.05) is 0 Å². The van der Waals surface area contributed by atoms with E-state index >= 15 is 0 Å². The van der Waals surface area contributed by atoms with E-state index in [2.05, 4.69) is 57.0 Å².